The van der Waals surface area contributed by atoms with Crippen LogP contribution in [0.3, 0.4) is 0 Å². The molecule has 5 heteroatoms. The lowest BCUT2D eigenvalue weighted by Crippen LogP contribution is -2.32. The molecule has 0 aromatic heterocycles. The standard InChI is InChI=1S/C20H17Cl2NO2/c1-2-19(20(24)23-17-11-15(21)10-16(22)12-17)25-18-8-7-13-5-3-4-6-14(13)9-18/h3-12,19H,2H2,1H3,(H,23,24)/t19-/m1/s1. The van der Waals surface area contributed by atoms with Crippen LogP contribution in [-0.2, 0) is 4.79 Å². The summed E-state index contributed by atoms with van der Waals surface area (Å²) in [6.45, 7) is 1.90. The van der Waals surface area contributed by atoms with Crippen molar-refractivity contribution in [1.29, 1.82) is 0 Å². The SMILES string of the molecule is CC[C@@H](Oc1ccc2ccccc2c1)C(=O)Nc1cc(Cl)cc(Cl)c1. The number of carbonyl (C=O) groups is 1. The molecule has 128 valence electrons. The fourth-order valence-corrected chi connectivity index (χ4v) is 3.10. The van der Waals surface area contributed by atoms with Gasteiger partial charge in [-0.05, 0) is 47.5 Å². The number of nitrogens with one attached hydrogen (secondary N) is 1. The summed E-state index contributed by atoms with van der Waals surface area (Å²) in [5.41, 5.74) is 0.545. The van der Waals surface area contributed by atoms with Crippen LogP contribution in [0.1, 0.15) is 13.3 Å². The van der Waals surface area contributed by atoms with Gasteiger partial charge in [-0.1, -0.05) is 60.5 Å². The molecule has 1 atom stereocenters. The molecule has 0 saturated carbocycles. The third-order valence-electron chi connectivity index (χ3n) is 3.79. The Morgan fingerprint density at radius 3 is 2.36 bits per heavy atom. The van der Waals surface area contributed by atoms with Crippen molar-refractivity contribution in [3.8, 4) is 5.75 Å². The highest BCUT2D eigenvalue weighted by molar-refractivity contribution is 6.35. The molecule has 0 saturated heterocycles. The molecule has 0 spiro atoms. The topological polar surface area (TPSA) is 38.3 Å². The summed E-state index contributed by atoms with van der Waals surface area (Å²) in [6, 6.07) is 18.7. The van der Waals surface area contributed by atoms with Gasteiger partial charge < -0.3 is 10.1 Å². The van der Waals surface area contributed by atoms with E-state index < -0.39 is 6.10 Å². The first-order valence-electron chi connectivity index (χ1n) is 7.97. The van der Waals surface area contributed by atoms with Crippen LogP contribution in [0.2, 0.25) is 10.0 Å². The Hall–Kier alpha value is -2.23. The maximum atomic E-state index is 12.5. The van der Waals surface area contributed by atoms with Gasteiger partial charge in [-0.15, -0.1) is 0 Å². The summed E-state index contributed by atoms with van der Waals surface area (Å²) in [4.78, 5) is 12.5. The first kappa shape index (κ1) is 17.6. The third-order valence-corrected chi connectivity index (χ3v) is 4.23. The second kappa shape index (κ2) is 7.77. The van der Waals surface area contributed by atoms with Gasteiger partial charge in [0.15, 0.2) is 6.10 Å². The van der Waals surface area contributed by atoms with Crippen molar-refractivity contribution in [1.82, 2.24) is 0 Å². The fourth-order valence-electron chi connectivity index (χ4n) is 2.58. The number of amides is 1. The van der Waals surface area contributed by atoms with Gasteiger partial charge in [-0.2, -0.15) is 0 Å². The Labute approximate surface area is 156 Å². The number of ether oxygens (including phenoxy) is 1. The van der Waals surface area contributed by atoms with E-state index in [1.807, 2.05) is 49.4 Å². The van der Waals surface area contributed by atoms with E-state index in [4.69, 9.17) is 27.9 Å². The monoisotopic (exact) mass is 373 g/mol. The molecule has 0 radical (unpaired) electrons. The molecule has 3 aromatic rings. The lowest BCUT2D eigenvalue weighted by Gasteiger charge is -2.18. The highest BCUT2D eigenvalue weighted by atomic mass is 35.5. The van der Waals surface area contributed by atoms with Gasteiger partial charge >= 0.3 is 0 Å². The van der Waals surface area contributed by atoms with E-state index >= 15 is 0 Å². The first-order valence-corrected chi connectivity index (χ1v) is 8.73. The Kier molecular flexibility index (Phi) is 5.47. The molecule has 0 heterocycles. The number of anilines is 1. The van der Waals surface area contributed by atoms with Crippen molar-refractivity contribution in [2.75, 3.05) is 5.32 Å². The second-order valence-electron chi connectivity index (χ2n) is 5.67. The van der Waals surface area contributed by atoms with Gasteiger partial charge in [0.05, 0.1) is 0 Å². The van der Waals surface area contributed by atoms with Gasteiger partial charge in [0, 0.05) is 15.7 Å². The van der Waals surface area contributed by atoms with Crippen LogP contribution in [0.5, 0.6) is 5.75 Å². The number of hydrogen-bond acceptors (Lipinski definition) is 2. The van der Waals surface area contributed by atoms with Gasteiger partial charge in [-0.25, -0.2) is 0 Å². The van der Waals surface area contributed by atoms with Gasteiger partial charge in [0.25, 0.3) is 5.91 Å². The average molecular weight is 374 g/mol. The van der Waals surface area contributed by atoms with Crippen LogP contribution in [0.4, 0.5) is 5.69 Å². The minimum Gasteiger partial charge on any atom is -0.481 e. The van der Waals surface area contributed by atoms with E-state index in [9.17, 15) is 4.79 Å². The number of fused-ring (bicyclic) bond motifs is 1. The number of halogens is 2. The second-order valence-corrected chi connectivity index (χ2v) is 6.54. The van der Waals surface area contributed by atoms with Gasteiger partial charge in [-0.3, -0.25) is 4.79 Å². The summed E-state index contributed by atoms with van der Waals surface area (Å²) in [5.74, 6) is 0.416. The van der Waals surface area contributed by atoms with E-state index in [0.29, 0.717) is 27.9 Å². The molecule has 0 aliphatic carbocycles. The van der Waals surface area contributed by atoms with E-state index in [1.165, 1.54) is 0 Å². The summed E-state index contributed by atoms with van der Waals surface area (Å²) < 4.78 is 5.89. The molecule has 3 nitrogen and oxygen atoms in total. The normalized spacial score (nSPS) is 12.0. The molecule has 1 amide bonds. The molecule has 0 aliphatic rings. The minimum absolute atomic E-state index is 0.242. The van der Waals surface area contributed by atoms with Crippen molar-refractivity contribution >= 4 is 45.6 Å². The zero-order chi connectivity index (χ0) is 17.8. The van der Waals surface area contributed by atoms with E-state index in [-0.39, 0.29) is 5.91 Å². The lowest BCUT2D eigenvalue weighted by atomic mass is 10.1. The Bertz CT molecular complexity index is 891. The maximum Gasteiger partial charge on any atom is 0.265 e. The van der Waals surface area contributed by atoms with Crippen LogP contribution >= 0.6 is 23.2 Å². The highest BCUT2D eigenvalue weighted by Gasteiger charge is 2.19. The number of benzene rings is 3. The van der Waals surface area contributed by atoms with Crippen LogP contribution in [0.15, 0.2) is 60.7 Å². The molecule has 0 bridgehead atoms. The van der Waals surface area contributed by atoms with Gasteiger partial charge in [0.2, 0.25) is 0 Å². The first-order chi connectivity index (χ1) is 12.0. The van der Waals surface area contributed by atoms with E-state index in [1.54, 1.807) is 18.2 Å². The quantitative estimate of drug-likeness (QED) is 0.600. The fraction of sp³-hybridized carbons (Fsp3) is 0.150. The van der Waals surface area contributed by atoms with Crippen LogP contribution in [0.25, 0.3) is 10.8 Å². The number of carbonyl (C=O) groups excluding carboxylic acids is 1. The van der Waals surface area contributed by atoms with E-state index in [0.717, 1.165) is 10.8 Å². The zero-order valence-electron chi connectivity index (χ0n) is 13.6. The van der Waals surface area contributed by atoms with Crippen molar-refractivity contribution in [3.63, 3.8) is 0 Å². The molecule has 1 N–H and O–H groups in total. The third kappa shape index (κ3) is 4.44. The Balaban J connectivity index is 1.75. The molecule has 3 aromatic carbocycles. The molecule has 25 heavy (non-hydrogen) atoms. The van der Waals surface area contributed by atoms with Crippen molar-refractivity contribution in [3.05, 3.63) is 70.7 Å². The lowest BCUT2D eigenvalue weighted by molar-refractivity contribution is -0.122. The van der Waals surface area contributed by atoms with Crippen LogP contribution in [-0.4, -0.2) is 12.0 Å². The predicted octanol–water partition coefficient (Wildman–Crippen LogP) is 5.94. The molecular formula is C20H17Cl2NO2. The summed E-state index contributed by atoms with van der Waals surface area (Å²) in [6.07, 6.45) is -0.0774. The summed E-state index contributed by atoms with van der Waals surface area (Å²) >= 11 is 11.9. The molecule has 3 rings (SSSR count). The maximum absolute atomic E-state index is 12.5. The van der Waals surface area contributed by atoms with Crippen molar-refractivity contribution in [2.24, 2.45) is 0 Å². The molecular weight excluding hydrogens is 357 g/mol. The molecule has 0 aliphatic heterocycles. The average Bonchev–Trinajstić information content (AvgIpc) is 2.58. The number of hydrogen-bond donors (Lipinski definition) is 1. The number of rotatable bonds is 5. The zero-order valence-corrected chi connectivity index (χ0v) is 15.1. The largest absolute Gasteiger partial charge is 0.481 e. The van der Waals surface area contributed by atoms with Crippen molar-refractivity contribution < 1.29 is 9.53 Å². The predicted molar refractivity (Wildman–Crippen MR) is 104 cm³/mol. The van der Waals surface area contributed by atoms with Crippen LogP contribution in [0, 0.1) is 0 Å². The summed E-state index contributed by atoms with van der Waals surface area (Å²) in [5, 5.41) is 5.92. The highest BCUT2D eigenvalue weighted by Crippen LogP contribution is 2.24. The van der Waals surface area contributed by atoms with Crippen LogP contribution < -0.4 is 10.1 Å². The molecule has 0 unspecified atom stereocenters. The summed E-state index contributed by atoms with van der Waals surface area (Å²) in [7, 11) is 0. The van der Waals surface area contributed by atoms with Gasteiger partial charge in [0.1, 0.15) is 5.75 Å². The van der Waals surface area contributed by atoms with Crippen molar-refractivity contribution in [2.45, 2.75) is 19.4 Å². The Morgan fingerprint density at radius 2 is 1.68 bits per heavy atom. The molecule has 0 fully saturated rings. The van der Waals surface area contributed by atoms with E-state index in [2.05, 4.69) is 5.32 Å². The minimum atomic E-state index is -0.612. The Morgan fingerprint density at radius 1 is 1.00 bits per heavy atom. The smallest absolute Gasteiger partial charge is 0.265 e.